The van der Waals surface area contributed by atoms with E-state index in [2.05, 4.69) is 5.32 Å². The molecule has 0 bridgehead atoms. The highest BCUT2D eigenvalue weighted by molar-refractivity contribution is 6.22. The Labute approximate surface area is 283 Å². The monoisotopic (exact) mass is 653 g/mol. The molecular formula is C40H39N5O4. The van der Waals surface area contributed by atoms with Crippen LogP contribution >= 0.6 is 0 Å². The lowest BCUT2D eigenvalue weighted by atomic mass is 9.96. The molecule has 0 unspecified atom stereocenters. The summed E-state index contributed by atoms with van der Waals surface area (Å²) in [6, 6.07) is 0. The van der Waals surface area contributed by atoms with E-state index in [1.807, 2.05) is 96.8 Å². The number of hydrogen-bond acceptors (Lipinski definition) is 7. The van der Waals surface area contributed by atoms with Crippen molar-refractivity contribution in [3.8, 4) is 0 Å². The molecule has 0 amide bonds. The summed E-state index contributed by atoms with van der Waals surface area (Å²) in [5, 5.41) is 10.2. The van der Waals surface area contributed by atoms with Gasteiger partial charge in [-0.3, -0.25) is 19.2 Å². The van der Waals surface area contributed by atoms with Crippen LogP contribution in [0, 0.1) is 0 Å². The number of aromatic nitrogens is 2. The summed E-state index contributed by atoms with van der Waals surface area (Å²) in [6.07, 6.45) is 25.5. The molecule has 0 aliphatic heterocycles. The molecule has 248 valence electrons. The summed E-state index contributed by atoms with van der Waals surface area (Å²) in [5.41, 5.74) is 5.97. The van der Waals surface area contributed by atoms with Gasteiger partial charge in [-0.1, -0.05) is 60.8 Å². The molecule has 0 atom stereocenters. The lowest BCUT2D eigenvalue weighted by Crippen LogP contribution is -2.59. The zero-order chi connectivity index (χ0) is 33.8. The van der Waals surface area contributed by atoms with Gasteiger partial charge in [-0.2, -0.15) is 0 Å². The number of pyridine rings is 2. The molecule has 2 aromatic rings. The summed E-state index contributed by atoms with van der Waals surface area (Å²) in [6.45, 7) is 7.47. The second kappa shape index (κ2) is 12.3. The first-order valence-corrected chi connectivity index (χ1v) is 17.4. The summed E-state index contributed by atoms with van der Waals surface area (Å²) in [4.78, 5) is 55.5. The van der Waals surface area contributed by atoms with Gasteiger partial charge >= 0.3 is 0 Å². The van der Waals surface area contributed by atoms with Gasteiger partial charge in [-0.05, 0) is 74.0 Å². The Kier molecular flexibility index (Phi) is 7.79. The van der Waals surface area contributed by atoms with E-state index in [1.165, 1.54) is 0 Å². The quantitative estimate of drug-likeness (QED) is 0.373. The highest BCUT2D eigenvalue weighted by Gasteiger charge is 2.35. The Morgan fingerprint density at radius 1 is 0.592 bits per heavy atom. The van der Waals surface area contributed by atoms with Crippen LogP contribution in [0.2, 0.25) is 0 Å². The van der Waals surface area contributed by atoms with Crippen LogP contribution in [0.15, 0.2) is 81.5 Å². The Balaban J connectivity index is 1.07. The van der Waals surface area contributed by atoms with E-state index in [1.54, 1.807) is 9.35 Å². The molecule has 49 heavy (non-hydrogen) atoms. The van der Waals surface area contributed by atoms with E-state index < -0.39 is 0 Å². The van der Waals surface area contributed by atoms with Crippen molar-refractivity contribution < 1.29 is 9.59 Å². The zero-order valence-corrected chi connectivity index (χ0v) is 27.9. The van der Waals surface area contributed by atoms with Crippen molar-refractivity contribution in [1.82, 2.24) is 14.7 Å². The molecule has 0 fully saturated rings. The molecule has 6 aliphatic rings. The highest BCUT2D eigenvalue weighted by Crippen LogP contribution is 2.30. The largest absolute Gasteiger partial charge is 0.313 e. The van der Waals surface area contributed by atoms with Crippen molar-refractivity contribution in [2.24, 2.45) is 0 Å². The number of fused-ring (bicyclic) bond motifs is 8. The lowest BCUT2D eigenvalue weighted by molar-refractivity contribution is 0.103. The fourth-order valence-electron chi connectivity index (χ4n) is 8.12. The van der Waals surface area contributed by atoms with E-state index in [9.17, 15) is 19.2 Å². The fourth-order valence-corrected chi connectivity index (χ4v) is 8.12. The predicted molar refractivity (Wildman–Crippen MR) is 194 cm³/mol. The molecule has 2 aromatic heterocycles. The van der Waals surface area contributed by atoms with Crippen molar-refractivity contribution in [2.75, 3.05) is 49.3 Å². The third kappa shape index (κ3) is 4.70. The zero-order valence-electron chi connectivity index (χ0n) is 27.9. The van der Waals surface area contributed by atoms with Gasteiger partial charge < -0.3 is 15.3 Å². The second-order valence-electron chi connectivity index (χ2n) is 12.9. The van der Waals surface area contributed by atoms with Crippen LogP contribution in [-0.2, 0) is 12.8 Å². The maximum Gasteiger partial charge on any atom is 0.277 e. The number of rotatable bonds is 10. The number of nitrogens with zero attached hydrogens (tertiary/aromatic N) is 4. The van der Waals surface area contributed by atoms with Crippen LogP contribution in [0.4, 0.5) is 0 Å². The third-order valence-electron chi connectivity index (χ3n) is 10.4. The number of likely N-dealkylation sites (N-methyl/N-ethyl adjacent to an activating group) is 2. The van der Waals surface area contributed by atoms with E-state index in [-0.39, 0.29) is 22.7 Å². The molecule has 0 saturated carbocycles. The van der Waals surface area contributed by atoms with Crippen LogP contribution in [0.1, 0.15) is 58.5 Å². The van der Waals surface area contributed by atoms with Gasteiger partial charge in [0.1, 0.15) is 0 Å². The number of carbonyl (C=O) groups excluding carboxylic acids is 2. The number of carbonyl (C=O) groups is 2. The summed E-state index contributed by atoms with van der Waals surface area (Å²) in [7, 11) is 0. The van der Waals surface area contributed by atoms with E-state index in [4.69, 9.17) is 0 Å². The number of Topliss-reactive ketones (excluding diaryl/α,β-unsaturated/α-hetero) is 2. The van der Waals surface area contributed by atoms with Crippen molar-refractivity contribution in [3.05, 3.63) is 136 Å². The van der Waals surface area contributed by atoms with Crippen LogP contribution < -0.4 is 47.6 Å². The van der Waals surface area contributed by atoms with Gasteiger partial charge in [0.2, 0.25) is 0 Å². The highest BCUT2D eigenvalue weighted by atomic mass is 16.2. The summed E-state index contributed by atoms with van der Waals surface area (Å²) < 4.78 is 3.49. The van der Waals surface area contributed by atoms with E-state index in [0.717, 1.165) is 33.0 Å². The molecule has 0 aromatic carbocycles. The normalized spacial score (nSPS) is 17.4. The number of nitrogens with one attached hydrogen (secondary N) is 1. The molecule has 0 spiro atoms. The fraction of sp³-hybridized carbons (Fsp3) is 0.300. The van der Waals surface area contributed by atoms with Crippen molar-refractivity contribution in [3.63, 3.8) is 0 Å². The average Bonchev–Trinajstić information content (AvgIpc) is 3.60. The molecule has 9 nitrogen and oxygen atoms in total. The maximum atomic E-state index is 14.1. The predicted octanol–water partition coefficient (Wildman–Crippen LogP) is 0.468. The van der Waals surface area contributed by atoms with Crippen LogP contribution in [0.5, 0.6) is 0 Å². The molecule has 9 heteroatoms. The molecular weight excluding hydrogens is 614 g/mol. The number of hydrogen-bond donors (Lipinski definition) is 1. The molecule has 6 aliphatic carbocycles. The van der Waals surface area contributed by atoms with Gasteiger partial charge in [-0.25, -0.2) is 9.35 Å². The minimum absolute atomic E-state index is 0.00105. The number of allylic oxidation sites excluding steroid dienone is 12. The van der Waals surface area contributed by atoms with Crippen LogP contribution in [0.25, 0.3) is 23.3 Å². The van der Waals surface area contributed by atoms with E-state index in [0.29, 0.717) is 97.7 Å². The summed E-state index contributed by atoms with van der Waals surface area (Å²) >= 11 is 0. The topological polar surface area (TPSA) is 96.7 Å². The minimum atomic E-state index is -0.0986. The maximum absolute atomic E-state index is 14.1. The number of ketones is 2. The van der Waals surface area contributed by atoms with E-state index >= 15 is 0 Å². The smallest absolute Gasteiger partial charge is 0.277 e. The van der Waals surface area contributed by atoms with Crippen molar-refractivity contribution in [2.45, 2.75) is 39.5 Å². The summed E-state index contributed by atoms with van der Waals surface area (Å²) in [5.74, 6) is 0.00210. The Bertz CT molecular complexity index is 2260. The first-order chi connectivity index (χ1) is 24.0. The Hall–Kier alpha value is -5.28. The SMILES string of the molecule is CCN(CCNCCN(CC)n1c2c(c3c(c1=O)=CC=CC3)C(=O)C1=CC=CCC=21)n1c2c(c3c(c1=O)=CC=CC3)C(=O)C1=CC=CCC=21. The molecule has 0 radical (unpaired) electrons. The van der Waals surface area contributed by atoms with Gasteiger partial charge in [0.25, 0.3) is 11.1 Å². The first kappa shape index (κ1) is 31.0. The van der Waals surface area contributed by atoms with Gasteiger partial charge in [0.15, 0.2) is 11.6 Å². The first-order valence-electron chi connectivity index (χ1n) is 17.4. The lowest BCUT2D eigenvalue weighted by Gasteiger charge is -2.29. The molecule has 0 saturated heterocycles. The van der Waals surface area contributed by atoms with Crippen molar-refractivity contribution >= 4 is 34.9 Å². The second-order valence-corrected chi connectivity index (χ2v) is 12.9. The van der Waals surface area contributed by atoms with Gasteiger partial charge in [0, 0.05) is 60.9 Å². The van der Waals surface area contributed by atoms with Crippen LogP contribution in [-0.4, -0.2) is 60.2 Å². The average molecular weight is 654 g/mol. The molecule has 1 N–H and O–H groups in total. The Morgan fingerprint density at radius 3 is 1.43 bits per heavy atom. The van der Waals surface area contributed by atoms with Gasteiger partial charge in [0.05, 0.1) is 21.8 Å². The minimum Gasteiger partial charge on any atom is -0.313 e. The molecule has 2 heterocycles. The Morgan fingerprint density at radius 2 is 1.00 bits per heavy atom. The van der Waals surface area contributed by atoms with Gasteiger partial charge in [-0.15, -0.1) is 0 Å². The van der Waals surface area contributed by atoms with Crippen LogP contribution in [0.3, 0.4) is 0 Å². The standard InChI is InChI=1S/C40H39N5O4/c1-3-42(44-35-27-15-7-9-17-29(27)37(46)33(35)25-13-5-11-19-31(25)39(44)48)23-21-41-22-24-43(4-2)45-36-28-16-8-10-18-30(28)38(47)34(36)26-14-6-12-20-32(26)40(45)49/h5-12,17-20,41H,3-4,13-16,21-24H2,1-2H3. The molecule has 8 rings (SSSR count). The third-order valence-corrected chi connectivity index (χ3v) is 10.4. The van der Waals surface area contributed by atoms with Crippen molar-refractivity contribution in [1.29, 1.82) is 0 Å².